The summed E-state index contributed by atoms with van der Waals surface area (Å²) in [5.74, 6) is -2.37. The molecule has 1 fully saturated rings. The number of nitrogens with one attached hydrogen (secondary N) is 1. The lowest BCUT2D eigenvalue weighted by atomic mass is 10.0. The van der Waals surface area contributed by atoms with E-state index in [-0.39, 0.29) is 18.7 Å². The van der Waals surface area contributed by atoms with Crippen molar-refractivity contribution in [1.29, 1.82) is 0 Å². The summed E-state index contributed by atoms with van der Waals surface area (Å²) in [5.41, 5.74) is 3.10. The standard InChI is InChI=1S/C28H26F3N7O2/c1-16-4-6-20-25(26(16)40-23-8-9-37(3)13-28(23,30)31)27(34-14-32-20)36-18-5-7-21(17(2)10-18)39-22-11-24-33-15-35-38(24)12-19(22)29/h4-7,10-12,14-15,23H,8-9,13H2,1-3H3,(H,32,34,36). The van der Waals surface area contributed by atoms with E-state index in [2.05, 4.69) is 25.4 Å². The first-order chi connectivity index (χ1) is 19.2. The Bertz CT molecular complexity index is 1730. The summed E-state index contributed by atoms with van der Waals surface area (Å²) in [4.78, 5) is 14.4. The third-order valence-corrected chi connectivity index (χ3v) is 6.93. The number of hydrogen-bond acceptors (Lipinski definition) is 8. The van der Waals surface area contributed by atoms with Gasteiger partial charge < -0.3 is 19.7 Å². The monoisotopic (exact) mass is 549 g/mol. The molecule has 6 rings (SSSR count). The zero-order valence-electron chi connectivity index (χ0n) is 22.0. The van der Waals surface area contributed by atoms with Crippen molar-refractivity contribution in [2.45, 2.75) is 32.3 Å². The lowest BCUT2D eigenvalue weighted by Gasteiger charge is -2.36. The number of aryl methyl sites for hydroxylation is 2. The molecular formula is C28H26F3N7O2. The van der Waals surface area contributed by atoms with Gasteiger partial charge in [-0.25, -0.2) is 32.6 Å². The fourth-order valence-corrected chi connectivity index (χ4v) is 4.84. The van der Waals surface area contributed by atoms with Crippen molar-refractivity contribution in [1.82, 2.24) is 29.5 Å². The first-order valence-corrected chi connectivity index (χ1v) is 12.7. The molecule has 3 aromatic heterocycles. The van der Waals surface area contributed by atoms with Crippen molar-refractivity contribution in [3.05, 3.63) is 72.2 Å². The molecule has 0 bridgehead atoms. The molecule has 1 atom stereocenters. The molecular weight excluding hydrogens is 523 g/mol. The van der Waals surface area contributed by atoms with Crippen molar-refractivity contribution in [2.75, 3.05) is 25.5 Å². The molecule has 1 unspecified atom stereocenters. The Balaban J connectivity index is 1.30. The maximum atomic E-state index is 14.9. The second-order valence-corrected chi connectivity index (χ2v) is 9.98. The molecule has 12 heteroatoms. The number of pyridine rings is 1. The van der Waals surface area contributed by atoms with Gasteiger partial charge in [-0.15, -0.1) is 0 Å². The number of fused-ring (bicyclic) bond motifs is 2. The van der Waals surface area contributed by atoms with E-state index in [0.717, 1.165) is 5.56 Å². The summed E-state index contributed by atoms with van der Waals surface area (Å²) in [5, 5.41) is 7.69. The molecule has 0 aliphatic carbocycles. The maximum Gasteiger partial charge on any atom is 0.296 e. The van der Waals surface area contributed by atoms with Crippen molar-refractivity contribution in [3.8, 4) is 17.2 Å². The van der Waals surface area contributed by atoms with Crippen LogP contribution in [0.2, 0.25) is 0 Å². The topological polar surface area (TPSA) is 89.7 Å². The first-order valence-electron chi connectivity index (χ1n) is 12.7. The summed E-state index contributed by atoms with van der Waals surface area (Å²) in [6, 6.07) is 10.4. The van der Waals surface area contributed by atoms with Crippen LogP contribution in [0.4, 0.5) is 24.7 Å². The van der Waals surface area contributed by atoms with E-state index >= 15 is 0 Å². The number of likely N-dealkylation sites (tertiary alicyclic amines) is 1. The Kier molecular flexibility index (Phi) is 6.41. The van der Waals surface area contributed by atoms with Crippen LogP contribution < -0.4 is 14.8 Å². The summed E-state index contributed by atoms with van der Waals surface area (Å²) < 4.78 is 57.4. The molecule has 1 aliphatic heterocycles. The predicted octanol–water partition coefficient (Wildman–Crippen LogP) is 5.68. The highest BCUT2D eigenvalue weighted by Gasteiger charge is 2.45. The lowest BCUT2D eigenvalue weighted by Crippen LogP contribution is -2.52. The van der Waals surface area contributed by atoms with E-state index in [0.29, 0.717) is 51.7 Å². The number of alkyl halides is 2. The molecule has 0 saturated carbocycles. The van der Waals surface area contributed by atoms with Crippen molar-refractivity contribution < 1.29 is 22.6 Å². The fourth-order valence-electron chi connectivity index (χ4n) is 4.84. The van der Waals surface area contributed by atoms with Crippen LogP contribution in [-0.2, 0) is 0 Å². The molecule has 1 N–H and O–H groups in total. The van der Waals surface area contributed by atoms with Crippen LogP contribution in [0.5, 0.6) is 17.2 Å². The number of piperidine rings is 1. The van der Waals surface area contributed by atoms with E-state index in [1.807, 2.05) is 19.9 Å². The molecule has 40 heavy (non-hydrogen) atoms. The fraction of sp³-hybridized carbons (Fsp3) is 0.286. The van der Waals surface area contributed by atoms with E-state index in [4.69, 9.17) is 9.47 Å². The molecule has 9 nitrogen and oxygen atoms in total. The van der Waals surface area contributed by atoms with Crippen molar-refractivity contribution >= 4 is 28.1 Å². The number of benzene rings is 2. The van der Waals surface area contributed by atoms with Gasteiger partial charge in [0.1, 0.15) is 30.0 Å². The van der Waals surface area contributed by atoms with Crippen LogP contribution in [0.15, 0.2) is 55.2 Å². The van der Waals surface area contributed by atoms with Gasteiger partial charge in [0.05, 0.1) is 23.6 Å². The van der Waals surface area contributed by atoms with Crippen LogP contribution in [-0.4, -0.2) is 61.6 Å². The zero-order chi connectivity index (χ0) is 28.0. The first kappa shape index (κ1) is 25.8. The smallest absolute Gasteiger partial charge is 0.296 e. The van der Waals surface area contributed by atoms with Gasteiger partial charge in [0.25, 0.3) is 5.92 Å². The largest absolute Gasteiger partial charge is 0.483 e. The molecule has 0 spiro atoms. The number of nitrogens with zero attached hydrogens (tertiary/aromatic N) is 6. The summed E-state index contributed by atoms with van der Waals surface area (Å²) in [7, 11) is 1.67. The number of aromatic nitrogens is 5. The summed E-state index contributed by atoms with van der Waals surface area (Å²) in [6.07, 6.45) is 2.87. The van der Waals surface area contributed by atoms with Crippen LogP contribution in [0.25, 0.3) is 16.6 Å². The third-order valence-electron chi connectivity index (χ3n) is 6.93. The molecule has 2 aromatic carbocycles. The summed E-state index contributed by atoms with van der Waals surface area (Å²) >= 11 is 0. The minimum Gasteiger partial charge on any atom is -0.483 e. The van der Waals surface area contributed by atoms with Gasteiger partial charge in [0, 0.05) is 24.7 Å². The van der Waals surface area contributed by atoms with Gasteiger partial charge in [-0.1, -0.05) is 6.07 Å². The van der Waals surface area contributed by atoms with Crippen LogP contribution in [0.3, 0.4) is 0 Å². The molecule has 0 radical (unpaired) electrons. The van der Waals surface area contributed by atoms with Gasteiger partial charge >= 0.3 is 0 Å². The summed E-state index contributed by atoms with van der Waals surface area (Å²) in [6.45, 7) is 3.78. The second kappa shape index (κ2) is 9.94. The Morgan fingerprint density at radius 1 is 1.00 bits per heavy atom. The predicted molar refractivity (Wildman–Crippen MR) is 143 cm³/mol. The molecule has 1 aliphatic rings. The van der Waals surface area contributed by atoms with Gasteiger partial charge in [0.15, 0.2) is 23.3 Å². The van der Waals surface area contributed by atoms with Crippen LogP contribution in [0.1, 0.15) is 17.5 Å². The maximum absolute atomic E-state index is 14.9. The Labute approximate surface area is 227 Å². The van der Waals surface area contributed by atoms with Crippen LogP contribution >= 0.6 is 0 Å². The molecule has 206 valence electrons. The quantitative estimate of drug-likeness (QED) is 0.289. The van der Waals surface area contributed by atoms with E-state index < -0.39 is 17.8 Å². The van der Waals surface area contributed by atoms with E-state index in [9.17, 15) is 13.2 Å². The van der Waals surface area contributed by atoms with E-state index in [1.54, 1.807) is 36.2 Å². The third kappa shape index (κ3) is 4.86. The number of hydrogen-bond donors (Lipinski definition) is 1. The Morgan fingerprint density at radius 3 is 2.65 bits per heavy atom. The Morgan fingerprint density at radius 2 is 1.85 bits per heavy atom. The number of anilines is 2. The number of halogens is 3. The average molecular weight is 550 g/mol. The lowest BCUT2D eigenvalue weighted by molar-refractivity contribution is -0.134. The molecule has 1 saturated heterocycles. The normalized spacial score (nSPS) is 17.3. The van der Waals surface area contributed by atoms with Gasteiger partial charge in [0.2, 0.25) is 0 Å². The average Bonchev–Trinajstić information content (AvgIpc) is 3.35. The highest BCUT2D eigenvalue weighted by molar-refractivity contribution is 5.96. The van der Waals surface area contributed by atoms with Crippen LogP contribution in [0, 0.1) is 19.7 Å². The SMILES string of the molecule is Cc1cc(Nc2ncnc3ccc(C)c(OC4CCN(C)CC4(F)F)c23)ccc1Oc1cc2ncnn2cc1F. The van der Waals surface area contributed by atoms with Crippen molar-refractivity contribution in [2.24, 2.45) is 0 Å². The highest BCUT2D eigenvalue weighted by Crippen LogP contribution is 2.39. The molecule has 5 aromatic rings. The van der Waals surface area contributed by atoms with Gasteiger partial charge in [-0.2, -0.15) is 5.10 Å². The Hall–Kier alpha value is -4.45. The second-order valence-electron chi connectivity index (χ2n) is 9.98. The van der Waals surface area contributed by atoms with Crippen molar-refractivity contribution in [3.63, 3.8) is 0 Å². The zero-order valence-corrected chi connectivity index (χ0v) is 22.0. The minimum atomic E-state index is -3.00. The van der Waals surface area contributed by atoms with E-state index in [1.165, 1.54) is 29.4 Å². The van der Waals surface area contributed by atoms with Gasteiger partial charge in [-0.3, -0.25) is 0 Å². The number of rotatable bonds is 6. The van der Waals surface area contributed by atoms with Gasteiger partial charge in [-0.05, 0) is 56.3 Å². The molecule has 0 amide bonds. The minimum absolute atomic E-state index is 0.0223. The molecule has 4 heterocycles. The highest BCUT2D eigenvalue weighted by atomic mass is 19.3. The number of ether oxygens (including phenoxy) is 2.